The Kier molecular flexibility index (Phi) is 3.69. The summed E-state index contributed by atoms with van der Waals surface area (Å²) in [6.07, 6.45) is 3.31. The lowest BCUT2D eigenvalue weighted by molar-refractivity contribution is -0.124. The van der Waals surface area contributed by atoms with Crippen LogP contribution in [0.25, 0.3) is 0 Å². The summed E-state index contributed by atoms with van der Waals surface area (Å²) in [4.78, 5) is 11.6. The van der Waals surface area contributed by atoms with E-state index in [4.69, 9.17) is 0 Å². The van der Waals surface area contributed by atoms with E-state index in [2.05, 4.69) is 5.32 Å². The van der Waals surface area contributed by atoms with Crippen molar-refractivity contribution < 1.29 is 9.18 Å². The summed E-state index contributed by atoms with van der Waals surface area (Å²) in [7, 11) is 0. The first-order valence-corrected chi connectivity index (χ1v) is 6.57. The van der Waals surface area contributed by atoms with Gasteiger partial charge in [-0.3, -0.25) is 4.79 Å². The highest BCUT2D eigenvalue weighted by Crippen LogP contribution is 2.43. The fraction of sp³-hybridized carbons (Fsp3) is 0.533. The van der Waals surface area contributed by atoms with Gasteiger partial charge in [0.1, 0.15) is 5.82 Å². The molecule has 98 valence electrons. The zero-order valence-corrected chi connectivity index (χ0v) is 11.0. The number of amides is 1. The van der Waals surface area contributed by atoms with Gasteiger partial charge in [-0.05, 0) is 30.5 Å². The van der Waals surface area contributed by atoms with Crippen molar-refractivity contribution in [3.8, 4) is 0 Å². The van der Waals surface area contributed by atoms with Crippen molar-refractivity contribution in [2.45, 2.75) is 38.5 Å². The second-order valence-corrected chi connectivity index (χ2v) is 5.51. The number of benzene rings is 1. The summed E-state index contributed by atoms with van der Waals surface area (Å²) in [6, 6.07) is 6.69. The Morgan fingerprint density at radius 3 is 2.39 bits per heavy atom. The Hall–Kier alpha value is -1.38. The van der Waals surface area contributed by atoms with Gasteiger partial charge in [0.25, 0.3) is 0 Å². The number of rotatable bonds is 4. The predicted molar refractivity (Wildman–Crippen MR) is 69.8 cm³/mol. The van der Waals surface area contributed by atoms with Crippen molar-refractivity contribution in [3.05, 3.63) is 35.6 Å². The van der Waals surface area contributed by atoms with Gasteiger partial charge in [-0.25, -0.2) is 4.39 Å². The minimum Gasteiger partial charge on any atom is -0.355 e. The molecule has 0 atom stereocenters. The summed E-state index contributed by atoms with van der Waals surface area (Å²) < 4.78 is 12.9. The van der Waals surface area contributed by atoms with Crippen LogP contribution in [0.2, 0.25) is 0 Å². The van der Waals surface area contributed by atoms with E-state index in [-0.39, 0.29) is 23.1 Å². The highest BCUT2D eigenvalue weighted by Gasteiger charge is 2.38. The molecule has 1 saturated carbocycles. The molecule has 1 aliphatic rings. The Morgan fingerprint density at radius 1 is 1.33 bits per heavy atom. The summed E-state index contributed by atoms with van der Waals surface area (Å²) in [6.45, 7) is 4.44. The minimum atomic E-state index is -0.209. The van der Waals surface area contributed by atoms with Gasteiger partial charge in [0.2, 0.25) is 5.91 Å². The number of hydrogen-bond donors (Lipinski definition) is 1. The van der Waals surface area contributed by atoms with E-state index in [1.165, 1.54) is 18.6 Å². The van der Waals surface area contributed by atoms with E-state index in [1.807, 2.05) is 26.0 Å². The third kappa shape index (κ3) is 2.55. The SMILES string of the molecule is CC(C)C(=O)NCC1(c2ccc(F)cc2)CCC1. The van der Waals surface area contributed by atoms with Crippen LogP contribution in [0, 0.1) is 11.7 Å². The van der Waals surface area contributed by atoms with E-state index in [9.17, 15) is 9.18 Å². The lowest BCUT2D eigenvalue weighted by atomic mass is 9.64. The monoisotopic (exact) mass is 249 g/mol. The first-order chi connectivity index (χ1) is 8.53. The summed E-state index contributed by atoms with van der Waals surface area (Å²) >= 11 is 0. The molecular formula is C15H20FNO. The molecule has 3 heteroatoms. The molecule has 0 saturated heterocycles. The van der Waals surface area contributed by atoms with Gasteiger partial charge >= 0.3 is 0 Å². The first-order valence-electron chi connectivity index (χ1n) is 6.57. The van der Waals surface area contributed by atoms with Gasteiger partial charge in [0.15, 0.2) is 0 Å². The Morgan fingerprint density at radius 2 is 1.94 bits per heavy atom. The maximum absolute atomic E-state index is 12.9. The molecule has 0 radical (unpaired) electrons. The summed E-state index contributed by atoms with van der Waals surface area (Å²) in [5.74, 6) is -0.113. The van der Waals surface area contributed by atoms with Gasteiger partial charge < -0.3 is 5.32 Å². The number of carbonyl (C=O) groups excluding carboxylic acids is 1. The lowest BCUT2D eigenvalue weighted by Gasteiger charge is -2.42. The molecule has 1 N–H and O–H groups in total. The first kappa shape index (κ1) is 13.1. The normalized spacial score (nSPS) is 17.3. The molecule has 0 bridgehead atoms. The number of halogens is 1. The average molecular weight is 249 g/mol. The molecule has 0 heterocycles. The van der Waals surface area contributed by atoms with Crippen molar-refractivity contribution in [1.29, 1.82) is 0 Å². The van der Waals surface area contributed by atoms with Crippen molar-refractivity contribution >= 4 is 5.91 Å². The molecular weight excluding hydrogens is 229 g/mol. The highest BCUT2D eigenvalue weighted by atomic mass is 19.1. The van der Waals surface area contributed by atoms with Crippen LogP contribution in [0.4, 0.5) is 4.39 Å². The summed E-state index contributed by atoms with van der Waals surface area (Å²) in [5.41, 5.74) is 1.16. The van der Waals surface area contributed by atoms with Crippen LogP contribution in [0.1, 0.15) is 38.7 Å². The van der Waals surface area contributed by atoms with Gasteiger partial charge in [0.05, 0.1) is 0 Å². The maximum atomic E-state index is 12.9. The van der Waals surface area contributed by atoms with Gasteiger partial charge in [-0.2, -0.15) is 0 Å². The minimum absolute atomic E-state index is 0.00958. The van der Waals surface area contributed by atoms with Gasteiger partial charge in [-0.1, -0.05) is 32.4 Å². The smallest absolute Gasteiger partial charge is 0.222 e. The highest BCUT2D eigenvalue weighted by molar-refractivity contribution is 5.78. The Bertz CT molecular complexity index is 421. The van der Waals surface area contributed by atoms with Crippen LogP contribution in [0.3, 0.4) is 0 Å². The van der Waals surface area contributed by atoms with Crippen LogP contribution in [0.15, 0.2) is 24.3 Å². The van der Waals surface area contributed by atoms with E-state index >= 15 is 0 Å². The molecule has 0 spiro atoms. The maximum Gasteiger partial charge on any atom is 0.222 e. The molecule has 1 fully saturated rings. The largest absolute Gasteiger partial charge is 0.355 e. The Balaban J connectivity index is 2.07. The number of nitrogens with one attached hydrogen (secondary N) is 1. The molecule has 18 heavy (non-hydrogen) atoms. The quantitative estimate of drug-likeness (QED) is 0.873. The second kappa shape index (κ2) is 5.09. The fourth-order valence-electron chi connectivity index (χ4n) is 2.43. The molecule has 0 unspecified atom stereocenters. The molecule has 1 aliphatic carbocycles. The molecule has 1 aromatic rings. The summed E-state index contributed by atoms with van der Waals surface area (Å²) in [5, 5.41) is 3.01. The third-order valence-electron chi connectivity index (χ3n) is 3.89. The van der Waals surface area contributed by atoms with Crippen LogP contribution < -0.4 is 5.32 Å². The second-order valence-electron chi connectivity index (χ2n) is 5.51. The van der Waals surface area contributed by atoms with E-state index in [0.29, 0.717) is 6.54 Å². The van der Waals surface area contributed by atoms with E-state index < -0.39 is 0 Å². The van der Waals surface area contributed by atoms with E-state index in [1.54, 1.807) is 0 Å². The van der Waals surface area contributed by atoms with Crippen molar-refractivity contribution in [2.24, 2.45) is 5.92 Å². The average Bonchev–Trinajstić information content (AvgIpc) is 2.29. The number of hydrogen-bond acceptors (Lipinski definition) is 1. The topological polar surface area (TPSA) is 29.1 Å². The lowest BCUT2D eigenvalue weighted by Crippen LogP contribution is -2.46. The third-order valence-corrected chi connectivity index (χ3v) is 3.89. The van der Waals surface area contributed by atoms with Crippen LogP contribution >= 0.6 is 0 Å². The van der Waals surface area contributed by atoms with Crippen LogP contribution in [-0.4, -0.2) is 12.5 Å². The van der Waals surface area contributed by atoms with Gasteiger partial charge in [-0.15, -0.1) is 0 Å². The molecule has 0 aliphatic heterocycles. The predicted octanol–water partition coefficient (Wildman–Crippen LogP) is 3.02. The Labute approximate surface area is 108 Å². The van der Waals surface area contributed by atoms with Crippen molar-refractivity contribution in [1.82, 2.24) is 5.32 Å². The van der Waals surface area contributed by atoms with Crippen molar-refractivity contribution in [2.75, 3.05) is 6.54 Å². The van der Waals surface area contributed by atoms with Crippen molar-refractivity contribution in [3.63, 3.8) is 0 Å². The molecule has 1 aromatic carbocycles. The molecule has 2 nitrogen and oxygen atoms in total. The van der Waals surface area contributed by atoms with Crippen LogP contribution in [-0.2, 0) is 10.2 Å². The van der Waals surface area contributed by atoms with E-state index in [0.717, 1.165) is 18.4 Å². The fourth-order valence-corrected chi connectivity index (χ4v) is 2.43. The molecule has 1 amide bonds. The zero-order chi connectivity index (χ0) is 13.2. The molecule has 2 rings (SSSR count). The van der Waals surface area contributed by atoms with Gasteiger partial charge in [0, 0.05) is 17.9 Å². The standard InChI is InChI=1S/C15H20FNO/c1-11(2)14(18)17-10-15(8-3-9-15)12-4-6-13(16)7-5-12/h4-7,11H,3,8-10H2,1-2H3,(H,17,18). The van der Waals surface area contributed by atoms with Crippen LogP contribution in [0.5, 0.6) is 0 Å². The molecule has 0 aromatic heterocycles. The zero-order valence-electron chi connectivity index (χ0n) is 11.0. The number of carbonyl (C=O) groups is 1.